The van der Waals surface area contributed by atoms with Crippen LogP contribution in [0.2, 0.25) is 0 Å². The molecule has 1 saturated carbocycles. The fourth-order valence-corrected chi connectivity index (χ4v) is 3.21. The van der Waals surface area contributed by atoms with E-state index in [0.717, 1.165) is 0 Å². The lowest BCUT2D eigenvalue weighted by Gasteiger charge is -2.28. The maximum Gasteiger partial charge on any atom is 0.303 e. The summed E-state index contributed by atoms with van der Waals surface area (Å²) in [5, 5.41) is 8.72. The number of carboxylic acids is 1. The summed E-state index contributed by atoms with van der Waals surface area (Å²) in [7, 11) is 0. The molecule has 2 rings (SSSR count). The van der Waals surface area contributed by atoms with Crippen LogP contribution in [0.5, 0.6) is 0 Å². The largest absolute Gasteiger partial charge is 0.481 e. The van der Waals surface area contributed by atoms with Crippen molar-refractivity contribution < 1.29 is 19.5 Å². The van der Waals surface area contributed by atoms with Crippen LogP contribution >= 0.6 is 0 Å². The molecule has 2 amide bonds. The van der Waals surface area contributed by atoms with Crippen LogP contribution in [0.15, 0.2) is 0 Å². The Bertz CT molecular complexity index is 442. The Hall–Kier alpha value is -1.39. The van der Waals surface area contributed by atoms with Gasteiger partial charge in [0.1, 0.15) is 0 Å². The second kappa shape index (κ2) is 4.57. The summed E-state index contributed by atoms with van der Waals surface area (Å²) in [6.45, 7) is 8.29. The number of piperidine rings is 1. The fourth-order valence-electron chi connectivity index (χ4n) is 3.21. The molecule has 0 aromatic rings. The van der Waals surface area contributed by atoms with Gasteiger partial charge in [-0.15, -0.1) is 0 Å². The maximum absolute atomic E-state index is 12.2. The molecule has 20 heavy (non-hydrogen) atoms. The smallest absolute Gasteiger partial charge is 0.303 e. The molecule has 1 aliphatic carbocycles. The Kier molecular flexibility index (Phi) is 3.43. The van der Waals surface area contributed by atoms with Crippen LogP contribution in [0.4, 0.5) is 0 Å². The number of rotatable bonds is 6. The van der Waals surface area contributed by atoms with E-state index < -0.39 is 5.97 Å². The van der Waals surface area contributed by atoms with Crippen LogP contribution in [-0.4, -0.2) is 34.3 Å². The zero-order valence-corrected chi connectivity index (χ0v) is 12.6. The molecule has 0 spiro atoms. The summed E-state index contributed by atoms with van der Waals surface area (Å²) in [5.74, 6) is -1.15. The zero-order valence-electron chi connectivity index (χ0n) is 12.6. The first-order chi connectivity index (χ1) is 9.08. The van der Waals surface area contributed by atoms with Crippen LogP contribution in [0.3, 0.4) is 0 Å². The number of amides is 2. The van der Waals surface area contributed by atoms with Crippen molar-refractivity contribution in [3.63, 3.8) is 0 Å². The first-order valence-electron chi connectivity index (χ1n) is 7.15. The number of nitrogens with zero attached hydrogens (tertiary/aromatic N) is 1. The highest BCUT2D eigenvalue weighted by molar-refractivity contribution is 6.10. The van der Waals surface area contributed by atoms with Gasteiger partial charge in [-0.05, 0) is 23.7 Å². The summed E-state index contributed by atoms with van der Waals surface area (Å²) >= 11 is 0. The molecule has 5 nitrogen and oxygen atoms in total. The molecule has 0 bridgehead atoms. The molecule has 112 valence electrons. The normalized spacial score (nSPS) is 27.7. The monoisotopic (exact) mass is 281 g/mol. The third-order valence-corrected chi connectivity index (χ3v) is 4.92. The molecule has 1 heterocycles. The molecule has 1 aliphatic heterocycles. The Balaban J connectivity index is 1.88. The highest BCUT2D eigenvalue weighted by Gasteiger charge is 2.72. The number of carbonyl (C=O) groups is 3. The third-order valence-electron chi connectivity index (χ3n) is 4.92. The van der Waals surface area contributed by atoms with Crippen LogP contribution in [0.25, 0.3) is 0 Å². The number of hydrogen-bond donors (Lipinski definition) is 1. The zero-order chi connectivity index (χ0) is 15.3. The molecule has 1 saturated heterocycles. The number of likely N-dealkylation sites (tertiary alicyclic amines) is 1. The van der Waals surface area contributed by atoms with Gasteiger partial charge in [0.2, 0.25) is 11.8 Å². The number of fused-ring (bicyclic) bond motifs is 1. The van der Waals surface area contributed by atoms with Gasteiger partial charge in [0.05, 0.1) is 11.8 Å². The second-order valence-corrected chi connectivity index (χ2v) is 7.41. The van der Waals surface area contributed by atoms with Crippen LogP contribution < -0.4 is 0 Å². The van der Waals surface area contributed by atoms with Crippen molar-refractivity contribution in [2.24, 2.45) is 22.7 Å². The third kappa shape index (κ3) is 2.45. The van der Waals surface area contributed by atoms with E-state index in [2.05, 4.69) is 0 Å². The number of carboxylic acid groups (broad SMARTS) is 1. The Labute approximate surface area is 119 Å². The van der Waals surface area contributed by atoms with Gasteiger partial charge >= 0.3 is 5.97 Å². The number of hydrogen-bond acceptors (Lipinski definition) is 3. The van der Waals surface area contributed by atoms with Crippen molar-refractivity contribution in [2.45, 2.75) is 47.0 Å². The van der Waals surface area contributed by atoms with Crippen molar-refractivity contribution in [1.29, 1.82) is 0 Å². The Morgan fingerprint density at radius 3 is 2.15 bits per heavy atom. The van der Waals surface area contributed by atoms with Crippen molar-refractivity contribution in [2.75, 3.05) is 6.54 Å². The SMILES string of the molecule is CC(C)(CCC(=O)O)CCN1C(=O)C2C(C1=O)C2(C)C. The molecule has 0 radical (unpaired) electrons. The molecule has 1 N–H and O–H groups in total. The summed E-state index contributed by atoms with van der Waals surface area (Å²) in [6.07, 6.45) is 1.32. The fraction of sp³-hybridized carbons (Fsp3) is 0.800. The molecular formula is C15H23NO4. The van der Waals surface area contributed by atoms with Gasteiger partial charge in [-0.2, -0.15) is 0 Å². The standard InChI is InChI=1S/C15H23NO4/c1-14(2,6-5-9(17)18)7-8-16-12(19)10-11(13(16)20)15(10,3)4/h10-11H,5-8H2,1-4H3,(H,17,18). The van der Waals surface area contributed by atoms with Gasteiger partial charge in [0, 0.05) is 13.0 Å². The highest BCUT2D eigenvalue weighted by atomic mass is 16.4. The van der Waals surface area contributed by atoms with Gasteiger partial charge in [-0.3, -0.25) is 19.3 Å². The minimum Gasteiger partial charge on any atom is -0.481 e. The predicted molar refractivity (Wildman–Crippen MR) is 72.7 cm³/mol. The number of imide groups is 1. The van der Waals surface area contributed by atoms with Gasteiger partial charge in [0.25, 0.3) is 0 Å². The van der Waals surface area contributed by atoms with E-state index in [1.54, 1.807) is 0 Å². The lowest BCUT2D eigenvalue weighted by molar-refractivity contribution is -0.144. The average molecular weight is 281 g/mol. The Morgan fingerprint density at radius 2 is 1.70 bits per heavy atom. The summed E-state index contributed by atoms with van der Waals surface area (Å²) in [5.41, 5.74) is -0.343. The first-order valence-corrected chi connectivity index (χ1v) is 7.15. The Morgan fingerprint density at radius 1 is 1.20 bits per heavy atom. The highest BCUT2D eigenvalue weighted by Crippen LogP contribution is 2.63. The van der Waals surface area contributed by atoms with Crippen molar-refractivity contribution in [3.05, 3.63) is 0 Å². The average Bonchev–Trinajstić information content (AvgIpc) is 2.77. The lowest BCUT2D eigenvalue weighted by Crippen LogP contribution is -2.38. The lowest BCUT2D eigenvalue weighted by atomic mass is 9.84. The molecule has 0 aromatic heterocycles. The first kappa shape index (κ1) is 15.0. The van der Waals surface area contributed by atoms with Gasteiger partial charge in [-0.25, -0.2) is 0 Å². The molecule has 0 aromatic carbocycles. The second-order valence-electron chi connectivity index (χ2n) is 7.41. The molecule has 2 fully saturated rings. The van der Waals surface area contributed by atoms with E-state index in [1.165, 1.54) is 4.90 Å². The van der Waals surface area contributed by atoms with Crippen LogP contribution in [-0.2, 0) is 14.4 Å². The summed E-state index contributed by atoms with van der Waals surface area (Å²) < 4.78 is 0. The topological polar surface area (TPSA) is 74.7 Å². The van der Waals surface area contributed by atoms with Crippen molar-refractivity contribution in [1.82, 2.24) is 4.90 Å². The molecule has 2 unspecified atom stereocenters. The van der Waals surface area contributed by atoms with E-state index in [0.29, 0.717) is 19.4 Å². The summed E-state index contributed by atoms with van der Waals surface area (Å²) in [6, 6.07) is 0. The predicted octanol–water partition coefficient (Wildman–Crippen LogP) is 1.91. The van der Waals surface area contributed by atoms with Crippen molar-refractivity contribution >= 4 is 17.8 Å². The number of carbonyl (C=O) groups excluding carboxylic acids is 2. The molecule has 2 aliphatic rings. The van der Waals surface area contributed by atoms with Crippen molar-refractivity contribution in [3.8, 4) is 0 Å². The van der Waals surface area contributed by atoms with E-state index in [4.69, 9.17) is 5.11 Å². The maximum atomic E-state index is 12.2. The van der Waals surface area contributed by atoms with Gasteiger partial charge in [-0.1, -0.05) is 27.7 Å². The van der Waals surface area contributed by atoms with E-state index >= 15 is 0 Å². The van der Waals surface area contributed by atoms with E-state index in [1.807, 2.05) is 27.7 Å². The van der Waals surface area contributed by atoms with E-state index in [9.17, 15) is 14.4 Å². The van der Waals surface area contributed by atoms with Crippen LogP contribution in [0, 0.1) is 22.7 Å². The molecular weight excluding hydrogens is 258 g/mol. The molecule has 5 heteroatoms. The van der Waals surface area contributed by atoms with E-state index in [-0.39, 0.29) is 40.9 Å². The van der Waals surface area contributed by atoms with Gasteiger partial charge < -0.3 is 5.11 Å². The van der Waals surface area contributed by atoms with Gasteiger partial charge in [0.15, 0.2) is 0 Å². The minimum absolute atomic E-state index is 0.0426. The quantitative estimate of drug-likeness (QED) is 0.755. The minimum atomic E-state index is -0.811. The number of aliphatic carboxylic acids is 1. The molecule has 2 atom stereocenters. The summed E-state index contributed by atoms with van der Waals surface area (Å²) in [4.78, 5) is 36.3. The van der Waals surface area contributed by atoms with Crippen LogP contribution in [0.1, 0.15) is 47.0 Å².